The zero-order valence-electron chi connectivity index (χ0n) is 8.34. The summed E-state index contributed by atoms with van der Waals surface area (Å²) in [6.07, 6.45) is 5.26. The van der Waals surface area contributed by atoms with Crippen LogP contribution < -0.4 is 0 Å². The average Bonchev–Trinajstić information content (AvgIpc) is 2.30. The average molecular weight is 203 g/mol. The van der Waals surface area contributed by atoms with Gasteiger partial charge in [0.15, 0.2) is 0 Å². The van der Waals surface area contributed by atoms with Gasteiger partial charge >= 0.3 is 0 Å². The largest absolute Gasteiger partial charge is 0.418 e. The predicted octanol–water partition coefficient (Wildman–Crippen LogP) is 2.46. The Hall–Kier alpha value is -1.77. The number of nitrogens with zero attached hydrogens (tertiary/aromatic N) is 1. The van der Waals surface area contributed by atoms with Crippen molar-refractivity contribution in [3.8, 4) is 0 Å². The number of hydrogen-bond acceptors (Lipinski definition) is 2. The minimum atomic E-state index is 0.0127. The molecule has 1 aliphatic carbocycles. The molecular formula is C12H13NO2. The molecule has 2 rings (SSSR count). The molecule has 0 radical (unpaired) electrons. The van der Waals surface area contributed by atoms with Gasteiger partial charge in [0.1, 0.15) is 0 Å². The molecule has 0 aromatic heterocycles. The molecule has 15 heavy (non-hydrogen) atoms. The molecule has 78 valence electrons. The molecule has 1 N–H and O–H groups in total. The van der Waals surface area contributed by atoms with E-state index < -0.39 is 0 Å². The van der Waals surface area contributed by atoms with Crippen LogP contribution in [0.15, 0.2) is 42.5 Å². The fourth-order valence-electron chi connectivity index (χ4n) is 1.94. The molecule has 0 aliphatic heterocycles. The van der Waals surface area contributed by atoms with Crippen LogP contribution in [0.5, 0.6) is 0 Å². The van der Waals surface area contributed by atoms with Gasteiger partial charge in [-0.15, -0.1) is 0 Å². The molecular weight excluding hydrogens is 190 g/mol. The lowest BCUT2D eigenvalue weighted by Crippen LogP contribution is -2.22. The van der Waals surface area contributed by atoms with Crippen LogP contribution in [0.2, 0.25) is 0 Å². The molecule has 0 bridgehead atoms. The number of hydrogen-bond donors (Lipinski definition) is 1. The summed E-state index contributed by atoms with van der Waals surface area (Å²) in [5, 5.41) is 20.0. The van der Waals surface area contributed by atoms with Gasteiger partial charge in [0.25, 0.3) is 0 Å². The van der Waals surface area contributed by atoms with E-state index in [2.05, 4.69) is 0 Å². The Bertz CT molecular complexity index is 391. The van der Waals surface area contributed by atoms with Crippen LogP contribution in [-0.4, -0.2) is 15.8 Å². The topological polar surface area (TPSA) is 46.3 Å². The molecule has 0 unspecified atom stereocenters. The molecule has 0 spiro atoms. The Balaban J connectivity index is 2.36. The van der Waals surface area contributed by atoms with Crippen LogP contribution in [-0.2, 0) is 0 Å². The summed E-state index contributed by atoms with van der Waals surface area (Å²) in [6, 6.07) is 9.78. The van der Waals surface area contributed by atoms with Gasteiger partial charge in [-0.2, -0.15) is 0 Å². The summed E-state index contributed by atoms with van der Waals surface area (Å²) < 4.78 is 0. The third-order valence-electron chi connectivity index (χ3n) is 2.72. The Morgan fingerprint density at radius 1 is 1.20 bits per heavy atom. The number of benzene rings is 1. The summed E-state index contributed by atoms with van der Waals surface area (Å²) in [6.45, 7) is 0. The third-order valence-corrected chi connectivity index (χ3v) is 2.72. The lowest BCUT2D eigenvalue weighted by molar-refractivity contribution is -0.727. The Morgan fingerprint density at radius 2 is 1.93 bits per heavy atom. The Kier molecular flexibility index (Phi) is 2.72. The second kappa shape index (κ2) is 4.17. The summed E-state index contributed by atoms with van der Waals surface area (Å²) in [7, 11) is 0. The van der Waals surface area contributed by atoms with Crippen LogP contribution in [0.1, 0.15) is 24.3 Å². The van der Waals surface area contributed by atoms with Crippen molar-refractivity contribution in [3.05, 3.63) is 53.3 Å². The van der Waals surface area contributed by atoms with E-state index in [0.717, 1.165) is 12.0 Å². The van der Waals surface area contributed by atoms with Gasteiger partial charge in [-0.3, -0.25) is 5.21 Å². The lowest BCUT2D eigenvalue weighted by atomic mass is 9.86. The van der Waals surface area contributed by atoms with E-state index in [-0.39, 0.29) is 10.8 Å². The van der Waals surface area contributed by atoms with Crippen LogP contribution in [0, 0.1) is 5.21 Å². The van der Waals surface area contributed by atoms with Crippen molar-refractivity contribution in [1.29, 1.82) is 0 Å². The molecule has 3 nitrogen and oxygen atoms in total. The van der Waals surface area contributed by atoms with Crippen molar-refractivity contribution in [2.24, 2.45) is 0 Å². The molecule has 0 amide bonds. The Morgan fingerprint density at radius 3 is 2.60 bits per heavy atom. The zero-order valence-corrected chi connectivity index (χ0v) is 8.34. The van der Waals surface area contributed by atoms with Crippen LogP contribution >= 0.6 is 0 Å². The van der Waals surface area contributed by atoms with E-state index in [9.17, 15) is 5.21 Å². The second-order valence-corrected chi connectivity index (χ2v) is 3.64. The first kappa shape index (κ1) is 9.77. The van der Waals surface area contributed by atoms with Gasteiger partial charge in [0.2, 0.25) is 5.71 Å². The normalized spacial score (nSPS) is 23.9. The van der Waals surface area contributed by atoms with Crippen LogP contribution in [0.4, 0.5) is 0 Å². The van der Waals surface area contributed by atoms with Crippen molar-refractivity contribution in [3.63, 3.8) is 0 Å². The van der Waals surface area contributed by atoms with Gasteiger partial charge < -0.3 is 5.21 Å². The van der Waals surface area contributed by atoms with E-state index in [4.69, 9.17) is 5.21 Å². The smallest absolute Gasteiger partial charge is 0.233 e. The highest BCUT2D eigenvalue weighted by atomic mass is 16.8. The third kappa shape index (κ3) is 2.01. The number of rotatable bonds is 1. The molecule has 1 atom stereocenters. The van der Waals surface area contributed by atoms with Crippen molar-refractivity contribution < 1.29 is 10.1 Å². The van der Waals surface area contributed by atoms with E-state index in [1.165, 1.54) is 0 Å². The zero-order chi connectivity index (χ0) is 10.7. The maximum Gasteiger partial charge on any atom is 0.233 e. The van der Waals surface area contributed by atoms with Crippen LogP contribution in [0.3, 0.4) is 0 Å². The van der Waals surface area contributed by atoms with E-state index in [1.807, 2.05) is 42.5 Å². The fraction of sp³-hybridized carbons (Fsp3) is 0.250. The van der Waals surface area contributed by atoms with E-state index >= 15 is 0 Å². The summed E-state index contributed by atoms with van der Waals surface area (Å²) in [4.78, 5) is 0.0150. The highest BCUT2D eigenvalue weighted by molar-refractivity contribution is 5.89. The minimum absolute atomic E-state index is 0.0127. The second-order valence-electron chi connectivity index (χ2n) is 3.64. The summed E-state index contributed by atoms with van der Waals surface area (Å²) in [5.41, 5.74) is 1.59. The molecule has 0 saturated carbocycles. The van der Waals surface area contributed by atoms with Crippen molar-refractivity contribution in [2.75, 3.05) is 0 Å². The van der Waals surface area contributed by atoms with Crippen molar-refractivity contribution >= 4 is 5.71 Å². The maximum atomic E-state index is 11.0. The first-order valence-electron chi connectivity index (χ1n) is 5.01. The first-order valence-corrected chi connectivity index (χ1v) is 5.01. The molecule has 0 fully saturated rings. The van der Waals surface area contributed by atoms with E-state index in [0.29, 0.717) is 12.1 Å². The number of allylic oxidation sites excluding steroid dienone is 2. The van der Waals surface area contributed by atoms with Gasteiger partial charge in [-0.1, -0.05) is 42.5 Å². The molecule has 0 saturated heterocycles. The Labute approximate surface area is 88.5 Å². The SMILES string of the molecule is [O-]/[N+](O)=C1/CC=CC[C@H]1c1ccccc1. The predicted molar refractivity (Wildman–Crippen MR) is 58.0 cm³/mol. The van der Waals surface area contributed by atoms with E-state index in [1.54, 1.807) is 0 Å². The monoisotopic (exact) mass is 203 g/mol. The molecule has 1 aromatic rings. The first-order chi connectivity index (χ1) is 7.29. The van der Waals surface area contributed by atoms with Gasteiger partial charge in [-0.25, -0.2) is 0 Å². The van der Waals surface area contributed by atoms with Gasteiger partial charge in [-0.05, 0) is 12.0 Å². The highest BCUT2D eigenvalue weighted by Crippen LogP contribution is 2.26. The standard InChI is InChI=1S/C12H13NO2/c14-13(15)12-9-5-4-8-11(12)10-6-2-1-3-7-10/h1-7,11H,8-9H2,(H,14,15)/t11-/m0/s1. The molecule has 1 aliphatic rings. The molecule has 3 heteroatoms. The minimum Gasteiger partial charge on any atom is -0.418 e. The quantitative estimate of drug-likeness (QED) is 0.330. The summed E-state index contributed by atoms with van der Waals surface area (Å²) >= 11 is 0. The summed E-state index contributed by atoms with van der Waals surface area (Å²) in [5.74, 6) is 0.0127. The molecule has 0 heterocycles. The van der Waals surface area contributed by atoms with Crippen LogP contribution in [0.25, 0.3) is 0 Å². The van der Waals surface area contributed by atoms with Crippen molar-refractivity contribution in [1.82, 2.24) is 0 Å². The highest BCUT2D eigenvalue weighted by Gasteiger charge is 2.26. The van der Waals surface area contributed by atoms with Gasteiger partial charge in [0, 0.05) is 4.90 Å². The fourth-order valence-corrected chi connectivity index (χ4v) is 1.94. The molecule has 1 aromatic carbocycles. The van der Waals surface area contributed by atoms with Crippen molar-refractivity contribution in [2.45, 2.75) is 18.8 Å². The maximum absolute atomic E-state index is 11.0. The van der Waals surface area contributed by atoms with Gasteiger partial charge in [0.05, 0.1) is 12.3 Å². The lowest BCUT2D eigenvalue weighted by Gasteiger charge is -2.16.